The van der Waals surface area contributed by atoms with E-state index in [-0.39, 0.29) is 41.1 Å². The monoisotopic (exact) mass is 601 g/mol. The van der Waals surface area contributed by atoms with Gasteiger partial charge in [0.1, 0.15) is 0 Å². The maximum Gasteiger partial charge on any atom is 0.257 e. The van der Waals surface area contributed by atoms with Crippen LogP contribution in [-0.4, -0.2) is 94.2 Å². The summed E-state index contributed by atoms with van der Waals surface area (Å²) in [5, 5.41) is 4.45. The molecule has 0 bridgehead atoms. The number of aromatic nitrogens is 2. The Bertz CT molecular complexity index is 1380. The van der Waals surface area contributed by atoms with Crippen molar-refractivity contribution >= 4 is 17.7 Å². The third-order valence-corrected chi connectivity index (χ3v) is 11.2. The Morgan fingerprint density at radius 2 is 1.59 bits per heavy atom. The van der Waals surface area contributed by atoms with Gasteiger partial charge in [0.25, 0.3) is 5.91 Å². The average molecular weight is 602 g/mol. The van der Waals surface area contributed by atoms with E-state index < -0.39 is 5.41 Å². The topological polar surface area (TPSA) is 88.0 Å². The molecule has 1 spiro atoms. The minimum atomic E-state index is -0.400. The lowest BCUT2D eigenvalue weighted by molar-refractivity contribution is -0.154. The fourth-order valence-corrected chi connectivity index (χ4v) is 8.19. The minimum Gasteiger partial charge on any atom is -0.376 e. The molecule has 0 unspecified atom stereocenters. The van der Waals surface area contributed by atoms with Crippen LogP contribution in [0.15, 0.2) is 42.7 Å². The van der Waals surface area contributed by atoms with E-state index in [2.05, 4.69) is 18.9 Å². The van der Waals surface area contributed by atoms with Crippen molar-refractivity contribution in [3.8, 4) is 0 Å². The molecule has 7 rings (SSSR count). The Morgan fingerprint density at radius 1 is 0.886 bits per heavy atom. The molecule has 1 aromatic heterocycles. The molecule has 4 heterocycles. The molecule has 44 heavy (non-hydrogen) atoms. The summed E-state index contributed by atoms with van der Waals surface area (Å²) in [5.41, 5.74) is 1.32. The van der Waals surface area contributed by atoms with Crippen LogP contribution < -0.4 is 0 Å². The molecule has 3 atom stereocenters. The number of carbonyl (C=O) groups excluding carboxylic acids is 3. The van der Waals surface area contributed by atoms with Crippen molar-refractivity contribution < 1.29 is 19.1 Å². The summed E-state index contributed by atoms with van der Waals surface area (Å²) < 4.78 is 8.11. The second-order valence-corrected chi connectivity index (χ2v) is 15.0. The lowest BCUT2D eigenvalue weighted by atomic mass is 9.70. The second-order valence-electron chi connectivity index (χ2n) is 15.0. The van der Waals surface area contributed by atoms with Crippen molar-refractivity contribution in [2.45, 2.75) is 71.4 Å². The summed E-state index contributed by atoms with van der Waals surface area (Å²) in [5.74, 6) is 0.627. The highest BCUT2D eigenvalue weighted by Gasteiger charge is 2.62. The molecule has 3 amide bonds. The van der Waals surface area contributed by atoms with Crippen LogP contribution in [0.25, 0.3) is 0 Å². The molecule has 9 heteroatoms. The Balaban J connectivity index is 1.02. The largest absolute Gasteiger partial charge is 0.376 e. The summed E-state index contributed by atoms with van der Waals surface area (Å²) >= 11 is 0. The first-order valence-electron chi connectivity index (χ1n) is 16.8. The average Bonchev–Trinajstić information content (AvgIpc) is 3.49. The molecule has 3 saturated heterocycles. The SMILES string of the molecule is CC1(C)C[C@@H]1C(=O)N1CC2(CN(C(=O)c3cnn(Cc4ccccc4)c3)C[C@H]2C(=O)N2CC[C@H](OCC3CCCCC3)C2)C1. The summed E-state index contributed by atoms with van der Waals surface area (Å²) in [6.07, 6.45) is 11.7. The van der Waals surface area contributed by atoms with Gasteiger partial charge in [-0.3, -0.25) is 19.1 Å². The van der Waals surface area contributed by atoms with E-state index in [1.807, 2.05) is 45.0 Å². The third-order valence-electron chi connectivity index (χ3n) is 11.2. The van der Waals surface area contributed by atoms with E-state index in [0.717, 1.165) is 25.0 Å². The summed E-state index contributed by atoms with van der Waals surface area (Å²) in [4.78, 5) is 46.9. The van der Waals surface area contributed by atoms with Gasteiger partial charge < -0.3 is 19.4 Å². The Kier molecular flexibility index (Phi) is 7.79. The van der Waals surface area contributed by atoms with Crippen LogP contribution in [0, 0.1) is 28.6 Å². The molecule has 1 aromatic carbocycles. The van der Waals surface area contributed by atoms with Crippen LogP contribution in [-0.2, 0) is 20.9 Å². The summed E-state index contributed by atoms with van der Waals surface area (Å²) in [7, 11) is 0. The number of hydrogen-bond acceptors (Lipinski definition) is 5. The third kappa shape index (κ3) is 5.80. The fraction of sp³-hybridized carbons (Fsp3) is 0.657. The smallest absolute Gasteiger partial charge is 0.257 e. The van der Waals surface area contributed by atoms with Gasteiger partial charge in [0.15, 0.2) is 0 Å². The molecule has 2 aliphatic carbocycles. The molecule has 9 nitrogen and oxygen atoms in total. The first-order valence-corrected chi connectivity index (χ1v) is 16.8. The lowest BCUT2D eigenvalue weighted by Gasteiger charge is -2.51. The van der Waals surface area contributed by atoms with Gasteiger partial charge in [-0.1, -0.05) is 63.4 Å². The van der Waals surface area contributed by atoms with E-state index in [1.165, 1.54) is 32.1 Å². The van der Waals surface area contributed by atoms with Crippen molar-refractivity contribution in [3.63, 3.8) is 0 Å². The van der Waals surface area contributed by atoms with Gasteiger partial charge in [0, 0.05) is 63.4 Å². The minimum absolute atomic E-state index is 0.0643. The number of carbonyl (C=O) groups is 3. The second kappa shape index (κ2) is 11.6. The van der Waals surface area contributed by atoms with E-state index in [1.54, 1.807) is 17.1 Å². The number of hydrogen-bond donors (Lipinski definition) is 0. The van der Waals surface area contributed by atoms with E-state index in [9.17, 15) is 14.4 Å². The van der Waals surface area contributed by atoms with Crippen molar-refractivity contribution in [1.82, 2.24) is 24.5 Å². The Labute approximate surface area is 260 Å². The van der Waals surface area contributed by atoms with Crippen LogP contribution >= 0.6 is 0 Å². The first kappa shape index (κ1) is 29.5. The van der Waals surface area contributed by atoms with Crippen LogP contribution in [0.2, 0.25) is 0 Å². The zero-order valence-corrected chi connectivity index (χ0v) is 26.3. The summed E-state index contributed by atoms with van der Waals surface area (Å²) in [6, 6.07) is 10.1. The Morgan fingerprint density at radius 3 is 2.32 bits per heavy atom. The molecule has 0 N–H and O–H groups in total. The number of ether oxygens (including phenoxy) is 1. The summed E-state index contributed by atoms with van der Waals surface area (Å²) in [6.45, 7) is 8.94. The predicted octanol–water partition coefficient (Wildman–Crippen LogP) is 4.08. The van der Waals surface area contributed by atoms with Crippen molar-refractivity contribution in [1.29, 1.82) is 0 Å². The number of amides is 3. The highest BCUT2D eigenvalue weighted by molar-refractivity contribution is 5.95. The standard InChI is InChI=1S/C35H47N5O4/c1-34(2)15-29(34)32(42)39-23-35(24-39)22-38(31(41)27-16-36-40(18-27)17-25-9-5-3-6-10-25)20-30(35)33(43)37-14-13-28(19-37)44-21-26-11-7-4-8-12-26/h3,5-6,9-10,16,18,26,28-30H,4,7-8,11-15,17,19-24H2,1-2H3/t28-,29+,30-/m0/s1. The zero-order chi connectivity index (χ0) is 30.5. The first-order chi connectivity index (χ1) is 21.2. The van der Waals surface area contributed by atoms with E-state index >= 15 is 0 Å². The molecular formula is C35H47N5O4. The van der Waals surface area contributed by atoms with Gasteiger partial charge in [0.05, 0.1) is 30.3 Å². The van der Waals surface area contributed by atoms with Gasteiger partial charge >= 0.3 is 0 Å². The molecular weight excluding hydrogens is 554 g/mol. The number of likely N-dealkylation sites (tertiary alicyclic amines) is 3. The van der Waals surface area contributed by atoms with E-state index in [4.69, 9.17) is 4.74 Å². The zero-order valence-electron chi connectivity index (χ0n) is 26.3. The quantitative estimate of drug-likeness (QED) is 0.455. The van der Waals surface area contributed by atoms with Gasteiger partial charge in [-0.2, -0.15) is 5.10 Å². The normalized spacial score (nSPS) is 27.5. The molecule has 5 aliphatic rings. The molecule has 2 aromatic rings. The highest BCUT2D eigenvalue weighted by atomic mass is 16.5. The van der Waals surface area contributed by atoms with Crippen molar-refractivity contribution in [2.75, 3.05) is 45.9 Å². The molecule has 5 fully saturated rings. The maximum atomic E-state index is 14.2. The van der Waals surface area contributed by atoms with Crippen LogP contribution in [0.5, 0.6) is 0 Å². The number of rotatable bonds is 8. The van der Waals surface area contributed by atoms with Crippen molar-refractivity contribution in [3.05, 3.63) is 53.9 Å². The van der Waals surface area contributed by atoms with Crippen LogP contribution in [0.1, 0.15) is 74.7 Å². The van der Waals surface area contributed by atoms with E-state index in [0.29, 0.717) is 57.3 Å². The molecule has 236 valence electrons. The molecule has 3 aliphatic heterocycles. The number of benzene rings is 1. The van der Waals surface area contributed by atoms with Crippen LogP contribution in [0.3, 0.4) is 0 Å². The van der Waals surface area contributed by atoms with Gasteiger partial charge in [-0.25, -0.2) is 0 Å². The van der Waals surface area contributed by atoms with Gasteiger partial charge in [-0.05, 0) is 42.6 Å². The highest BCUT2D eigenvalue weighted by Crippen LogP contribution is 2.55. The Hall–Kier alpha value is -3.20. The maximum absolute atomic E-state index is 14.2. The lowest BCUT2D eigenvalue weighted by Crippen LogP contribution is -2.64. The van der Waals surface area contributed by atoms with Gasteiger partial charge in [-0.15, -0.1) is 0 Å². The van der Waals surface area contributed by atoms with Gasteiger partial charge in [0.2, 0.25) is 11.8 Å². The molecule has 0 radical (unpaired) electrons. The van der Waals surface area contributed by atoms with Crippen molar-refractivity contribution in [2.24, 2.45) is 28.6 Å². The fourth-order valence-electron chi connectivity index (χ4n) is 8.19. The predicted molar refractivity (Wildman–Crippen MR) is 166 cm³/mol. The number of nitrogens with zero attached hydrogens (tertiary/aromatic N) is 5. The molecule has 2 saturated carbocycles. The van der Waals surface area contributed by atoms with Crippen LogP contribution in [0.4, 0.5) is 0 Å².